The summed E-state index contributed by atoms with van der Waals surface area (Å²) in [5, 5.41) is 13.2. The summed E-state index contributed by atoms with van der Waals surface area (Å²) in [5.74, 6) is -0.00639. The van der Waals surface area contributed by atoms with E-state index in [1.54, 1.807) is 11.3 Å². The van der Waals surface area contributed by atoms with Gasteiger partial charge in [-0.15, -0.1) is 11.3 Å². The average molecular weight is 366 g/mol. The minimum Gasteiger partial charge on any atom is -0.317 e. The maximum Gasteiger partial charge on any atom is 0.226 e. The molecule has 0 unspecified atom stereocenters. The van der Waals surface area contributed by atoms with Crippen molar-refractivity contribution in [2.45, 2.75) is 44.6 Å². The Hall–Kier alpha value is -2.23. The van der Waals surface area contributed by atoms with Crippen LogP contribution in [0.1, 0.15) is 53.4 Å². The third-order valence-corrected chi connectivity index (χ3v) is 6.51. The molecule has 3 heterocycles. The van der Waals surface area contributed by atoms with Crippen molar-refractivity contribution in [3.8, 4) is 6.07 Å². The number of hydrogen-bond donors (Lipinski definition) is 1. The summed E-state index contributed by atoms with van der Waals surface area (Å²) in [6.07, 6.45) is 7.62. The van der Waals surface area contributed by atoms with E-state index in [4.69, 9.17) is 0 Å². The van der Waals surface area contributed by atoms with Crippen molar-refractivity contribution in [3.63, 3.8) is 0 Å². The van der Waals surface area contributed by atoms with E-state index in [0.29, 0.717) is 18.0 Å². The number of pyridine rings is 1. The number of thiophene rings is 1. The number of carbonyl (C=O) groups is 1. The first-order valence-corrected chi connectivity index (χ1v) is 10.1. The predicted octanol–water partition coefficient (Wildman–Crippen LogP) is 3.67. The lowest BCUT2D eigenvalue weighted by atomic mass is 10.1. The van der Waals surface area contributed by atoms with Crippen LogP contribution in [0.25, 0.3) is 0 Å². The molecule has 134 valence electrons. The summed E-state index contributed by atoms with van der Waals surface area (Å²) in [6.45, 7) is 1.73. The molecule has 1 amide bonds. The van der Waals surface area contributed by atoms with Crippen LogP contribution in [0.15, 0.2) is 24.4 Å². The molecule has 0 spiro atoms. The summed E-state index contributed by atoms with van der Waals surface area (Å²) in [5.41, 5.74) is 2.93. The second kappa shape index (κ2) is 7.56. The molecule has 1 aliphatic heterocycles. The minimum absolute atomic E-state index is 0.00639. The first kappa shape index (κ1) is 17.2. The molecule has 0 bridgehead atoms. The van der Waals surface area contributed by atoms with Crippen LogP contribution in [-0.4, -0.2) is 28.9 Å². The third kappa shape index (κ3) is 3.37. The number of carbonyl (C=O) groups excluding carboxylic acids is 1. The Balaban J connectivity index is 1.37. The first-order chi connectivity index (χ1) is 12.8. The van der Waals surface area contributed by atoms with E-state index in [0.717, 1.165) is 61.5 Å². The number of amides is 1. The molecule has 1 N–H and O–H groups in total. The van der Waals surface area contributed by atoms with Crippen LogP contribution >= 0.6 is 11.3 Å². The van der Waals surface area contributed by atoms with Crippen LogP contribution < -0.4 is 5.32 Å². The van der Waals surface area contributed by atoms with Crippen molar-refractivity contribution in [2.75, 3.05) is 18.4 Å². The van der Waals surface area contributed by atoms with Gasteiger partial charge in [0, 0.05) is 24.0 Å². The highest BCUT2D eigenvalue weighted by molar-refractivity contribution is 7.16. The van der Waals surface area contributed by atoms with Gasteiger partial charge in [0.05, 0.1) is 17.3 Å². The Labute approximate surface area is 157 Å². The molecule has 0 saturated carbocycles. The number of aryl methyl sites for hydroxylation is 1. The fourth-order valence-corrected chi connectivity index (χ4v) is 5.30. The third-order valence-electron chi connectivity index (χ3n) is 5.30. The van der Waals surface area contributed by atoms with Gasteiger partial charge < -0.3 is 5.32 Å². The van der Waals surface area contributed by atoms with Crippen LogP contribution in [0.2, 0.25) is 0 Å². The van der Waals surface area contributed by atoms with Crippen LogP contribution in [-0.2, 0) is 17.6 Å². The lowest BCUT2D eigenvalue weighted by molar-refractivity contribution is -0.116. The molecule has 4 rings (SSSR count). The number of likely N-dealkylation sites (tertiary alicyclic amines) is 1. The summed E-state index contributed by atoms with van der Waals surface area (Å²) in [7, 11) is 0. The largest absolute Gasteiger partial charge is 0.317 e. The highest BCUT2D eigenvalue weighted by Gasteiger charge is 2.27. The molecule has 1 aliphatic carbocycles. The van der Waals surface area contributed by atoms with E-state index in [1.807, 2.05) is 18.3 Å². The second-order valence-electron chi connectivity index (χ2n) is 6.92. The van der Waals surface area contributed by atoms with Crippen molar-refractivity contribution < 1.29 is 4.79 Å². The molecule has 26 heavy (non-hydrogen) atoms. The summed E-state index contributed by atoms with van der Waals surface area (Å²) in [6, 6.07) is 8.61. The standard InChI is InChI=1S/C20H22N4OS/c21-13-15-14-5-3-8-18(14)26-20(15)23-19(25)9-12-24-11-4-7-17(24)16-6-1-2-10-22-16/h1-2,6,10,17H,3-5,7-9,11-12H2,(H,23,25)/t17-/m1/s1. The van der Waals surface area contributed by atoms with Gasteiger partial charge in [0.25, 0.3) is 0 Å². The Bertz CT molecular complexity index is 839. The molecule has 1 saturated heterocycles. The number of rotatable bonds is 5. The van der Waals surface area contributed by atoms with Crippen molar-refractivity contribution in [3.05, 3.63) is 46.1 Å². The molecule has 5 nitrogen and oxygen atoms in total. The summed E-state index contributed by atoms with van der Waals surface area (Å²) >= 11 is 1.58. The van der Waals surface area contributed by atoms with E-state index < -0.39 is 0 Å². The molecule has 2 aromatic rings. The van der Waals surface area contributed by atoms with Crippen molar-refractivity contribution in [1.82, 2.24) is 9.88 Å². The summed E-state index contributed by atoms with van der Waals surface area (Å²) in [4.78, 5) is 20.6. The van der Waals surface area contributed by atoms with Crippen LogP contribution in [0.5, 0.6) is 0 Å². The van der Waals surface area contributed by atoms with E-state index >= 15 is 0 Å². The predicted molar refractivity (Wildman–Crippen MR) is 102 cm³/mol. The minimum atomic E-state index is -0.00639. The van der Waals surface area contributed by atoms with Gasteiger partial charge in [0.2, 0.25) is 5.91 Å². The fourth-order valence-electron chi connectivity index (χ4n) is 4.05. The molecule has 2 aromatic heterocycles. The SMILES string of the molecule is N#Cc1c(NC(=O)CCN2CCC[C@@H]2c2ccccn2)sc2c1CCC2. The quantitative estimate of drug-likeness (QED) is 0.877. The van der Waals surface area contributed by atoms with Gasteiger partial charge in [0.15, 0.2) is 0 Å². The fraction of sp³-hybridized carbons (Fsp3) is 0.450. The number of hydrogen-bond acceptors (Lipinski definition) is 5. The van der Waals surface area contributed by atoms with E-state index in [2.05, 4.69) is 27.3 Å². The zero-order valence-corrected chi connectivity index (χ0v) is 15.5. The Morgan fingerprint density at radius 2 is 2.31 bits per heavy atom. The number of aromatic nitrogens is 1. The second-order valence-corrected chi connectivity index (χ2v) is 8.03. The monoisotopic (exact) mass is 366 g/mol. The normalized spacial score (nSPS) is 19.3. The smallest absolute Gasteiger partial charge is 0.226 e. The van der Waals surface area contributed by atoms with Gasteiger partial charge in [-0.05, 0) is 56.3 Å². The van der Waals surface area contributed by atoms with Crippen LogP contribution in [0.3, 0.4) is 0 Å². The number of fused-ring (bicyclic) bond motifs is 1. The number of nitrogens with zero attached hydrogens (tertiary/aromatic N) is 3. The Kier molecular flexibility index (Phi) is 5.00. The van der Waals surface area contributed by atoms with Crippen molar-refractivity contribution in [2.24, 2.45) is 0 Å². The topological polar surface area (TPSA) is 69.0 Å². The summed E-state index contributed by atoms with van der Waals surface area (Å²) < 4.78 is 0. The van der Waals surface area contributed by atoms with E-state index in [9.17, 15) is 10.1 Å². The molecule has 0 aromatic carbocycles. The van der Waals surface area contributed by atoms with Crippen molar-refractivity contribution in [1.29, 1.82) is 5.26 Å². The van der Waals surface area contributed by atoms with Crippen LogP contribution in [0.4, 0.5) is 5.00 Å². The lowest BCUT2D eigenvalue weighted by Crippen LogP contribution is -2.28. The molecule has 1 atom stereocenters. The Morgan fingerprint density at radius 1 is 1.38 bits per heavy atom. The van der Waals surface area contributed by atoms with E-state index in [1.165, 1.54) is 4.88 Å². The molecule has 1 fully saturated rings. The van der Waals surface area contributed by atoms with Gasteiger partial charge >= 0.3 is 0 Å². The maximum atomic E-state index is 12.5. The molecule has 2 aliphatic rings. The van der Waals surface area contributed by atoms with Gasteiger partial charge in [0.1, 0.15) is 11.1 Å². The number of anilines is 1. The van der Waals surface area contributed by atoms with Gasteiger partial charge in [-0.3, -0.25) is 14.7 Å². The zero-order valence-electron chi connectivity index (χ0n) is 14.7. The molecular formula is C20H22N4OS. The lowest BCUT2D eigenvalue weighted by Gasteiger charge is -2.23. The van der Waals surface area contributed by atoms with Gasteiger partial charge in [-0.2, -0.15) is 5.26 Å². The van der Waals surface area contributed by atoms with Crippen LogP contribution in [0, 0.1) is 11.3 Å². The maximum absolute atomic E-state index is 12.5. The first-order valence-electron chi connectivity index (χ1n) is 9.25. The Morgan fingerprint density at radius 3 is 3.12 bits per heavy atom. The van der Waals surface area contributed by atoms with Gasteiger partial charge in [-0.1, -0.05) is 6.07 Å². The zero-order chi connectivity index (χ0) is 17.9. The molecule has 6 heteroatoms. The molecular weight excluding hydrogens is 344 g/mol. The number of nitrogens with one attached hydrogen (secondary N) is 1. The molecule has 0 radical (unpaired) electrons. The average Bonchev–Trinajstić information content (AvgIpc) is 3.36. The van der Waals surface area contributed by atoms with E-state index in [-0.39, 0.29) is 5.91 Å². The highest BCUT2D eigenvalue weighted by Crippen LogP contribution is 2.38. The highest BCUT2D eigenvalue weighted by atomic mass is 32.1. The van der Waals surface area contributed by atoms with Gasteiger partial charge in [-0.25, -0.2) is 0 Å². The number of nitriles is 1. The van der Waals surface area contributed by atoms with Crippen molar-refractivity contribution >= 4 is 22.2 Å².